The van der Waals surface area contributed by atoms with Crippen LogP contribution >= 0.6 is 0 Å². The van der Waals surface area contributed by atoms with Gasteiger partial charge in [0.1, 0.15) is 12.6 Å². The zero-order chi connectivity index (χ0) is 38.5. The van der Waals surface area contributed by atoms with Crippen LogP contribution in [0, 0.1) is 0 Å². The summed E-state index contributed by atoms with van der Waals surface area (Å²) in [5.41, 5.74) is 0. The number of carbonyl (C=O) groups is 3. The second kappa shape index (κ2) is 35.8. The average Bonchev–Trinajstić information content (AvgIpc) is 3.09. The Labute approximate surface area is 320 Å². The second-order valence-electron chi connectivity index (χ2n) is 15.6. The van der Waals surface area contributed by atoms with Gasteiger partial charge in [-0.05, 0) is 57.8 Å². The standard InChI is InChI=1S/C44H81NO7/c1-6-8-10-12-14-16-18-19-20-21-22-23-25-27-29-31-33-35-43(47)52-40(38-50-37-36-41(44(48)49)45(3,4)5)39-51-42(46)34-32-30-28-26-24-17-15-13-11-9-7-2/h13,15,19-20,40-41H,6-12,14,16-18,21-39H2,1-5H3/b15-13-,20-19-. The zero-order valence-electron chi connectivity index (χ0n) is 34.5. The number of hydrogen-bond donors (Lipinski definition) is 0. The number of nitrogens with zero attached hydrogens (tertiary/aromatic N) is 1. The molecule has 0 saturated carbocycles. The number of unbranched alkanes of at least 4 members (excludes halogenated alkanes) is 20. The van der Waals surface area contributed by atoms with Crippen LogP contribution in [0.15, 0.2) is 24.3 Å². The van der Waals surface area contributed by atoms with Gasteiger partial charge in [-0.15, -0.1) is 0 Å². The van der Waals surface area contributed by atoms with E-state index in [1.54, 1.807) is 21.1 Å². The second-order valence-corrected chi connectivity index (χ2v) is 15.6. The van der Waals surface area contributed by atoms with Crippen LogP contribution in [0.1, 0.15) is 187 Å². The molecule has 8 nitrogen and oxygen atoms in total. The molecule has 0 radical (unpaired) electrons. The number of esters is 2. The number of carboxylic acid groups (broad SMARTS) is 1. The Balaban J connectivity index is 4.35. The minimum atomic E-state index is -1.13. The molecule has 8 heteroatoms. The Morgan fingerprint density at radius 2 is 0.981 bits per heavy atom. The number of likely N-dealkylation sites (N-methyl/N-ethyl adjacent to an activating group) is 1. The first kappa shape index (κ1) is 49.8. The predicted octanol–water partition coefficient (Wildman–Crippen LogP) is 9.97. The lowest BCUT2D eigenvalue weighted by atomic mass is 10.1. The molecule has 0 aliphatic rings. The lowest BCUT2D eigenvalue weighted by molar-refractivity contribution is -0.889. The molecule has 0 saturated heterocycles. The van der Waals surface area contributed by atoms with Crippen molar-refractivity contribution >= 4 is 17.9 Å². The van der Waals surface area contributed by atoms with Crippen molar-refractivity contribution in [2.45, 2.75) is 199 Å². The monoisotopic (exact) mass is 736 g/mol. The minimum absolute atomic E-state index is 0.0387. The van der Waals surface area contributed by atoms with Crippen LogP contribution in [0.2, 0.25) is 0 Å². The van der Waals surface area contributed by atoms with E-state index in [1.165, 1.54) is 103 Å². The summed E-state index contributed by atoms with van der Waals surface area (Å²) in [5.74, 6) is -1.75. The molecule has 0 amide bonds. The molecule has 0 N–H and O–H groups in total. The highest BCUT2D eigenvalue weighted by molar-refractivity contribution is 5.70. The fourth-order valence-electron chi connectivity index (χ4n) is 6.16. The molecule has 0 spiro atoms. The van der Waals surface area contributed by atoms with Gasteiger partial charge in [0.2, 0.25) is 0 Å². The fourth-order valence-corrected chi connectivity index (χ4v) is 6.16. The molecular weight excluding hydrogens is 654 g/mol. The number of rotatable bonds is 38. The van der Waals surface area contributed by atoms with Crippen molar-refractivity contribution < 1.29 is 38.2 Å². The van der Waals surface area contributed by atoms with Crippen LogP contribution in [0.4, 0.5) is 0 Å². The van der Waals surface area contributed by atoms with Crippen LogP contribution in [0.3, 0.4) is 0 Å². The van der Waals surface area contributed by atoms with Crippen LogP contribution in [-0.2, 0) is 28.6 Å². The van der Waals surface area contributed by atoms with Gasteiger partial charge in [0.15, 0.2) is 6.10 Å². The molecule has 0 fully saturated rings. The van der Waals surface area contributed by atoms with E-state index >= 15 is 0 Å². The summed E-state index contributed by atoms with van der Waals surface area (Å²) in [6.45, 7) is 4.61. The van der Waals surface area contributed by atoms with Gasteiger partial charge in [-0.3, -0.25) is 9.59 Å². The van der Waals surface area contributed by atoms with E-state index in [4.69, 9.17) is 14.2 Å². The van der Waals surface area contributed by atoms with Crippen LogP contribution in [0.5, 0.6) is 0 Å². The molecule has 2 atom stereocenters. The van der Waals surface area contributed by atoms with Gasteiger partial charge >= 0.3 is 11.9 Å². The molecule has 0 aliphatic carbocycles. The first-order chi connectivity index (χ1) is 25.1. The van der Waals surface area contributed by atoms with Crippen molar-refractivity contribution in [3.05, 3.63) is 24.3 Å². The van der Waals surface area contributed by atoms with Crippen molar-refractivity contribution in [1.29, 1.82) is 0 Å². The first-order valence-electron chi connectivity index (χ1n) is 21.4. The van der Waals surface area contributed by atoms with Crippen LogP contribution in [-0.4, -0.2) is 75.5 Å². The van der Waals surface area contributed by atoms with E-state index in [1.807, 2.05) is 0 Å². The molecule has 52 heavy (non-hydrogen) atoms. The summed E-state index contributed by atoms with van der Waals surface area (Å²) < 4.78 is 17.1. The van der Waals surface area contributed by atoms with Gasteiger partial charge in [0.05, 0.1) is 40.3 Å². The average molecular weight is 736 g/mol. The van der Waals surface area contributed by atoms with Crippen molar-refractivity contribution in [2.24, 2.45) is 0 Å². The number of allylic oxidation sites excluding steroid dienone is 4. The highest BCUT2D eigenvalue weighted by Crippen LogP contribution is 2.14. The smallest absolute Gasteiger partial charge is 0.306 e. The number of quaternary nitrogens is 1. The summed E-state index contributed by atoms with van der Waals surface area (Å²) in [6, 6.07) is -0.724. The molecule has 0 aromatic heterocycles. The molecule has 0 bridgehead atoms. The van der Waals surface area contributed by atoms with Crippen molar-refractivity contribution in [3.8, 4) is 0 Å². The Morgan fingerprint density at radius 1 is 0.558 bits per heavy atom. The highest BCUT2D eigenvalue weighted by atomic mass is 16.6. The van der Waals surface area contributed by atoms with E-state index in [9.17, 15) is 19.5 Å². The quantitative estimate of drug-likeness (QED) is 0.0269. The van der Waals surface area contributed by atoms with E-state index in [2.05, 4.69) is 38.2 Å². The third-order valence-electron chi connectivity index (χ3n) is 9.56. The Kier molecular flexibility index (Phi) is 34.3. The van der Waals surface area contributed by atoms with Crippen molar-refractivity contribution in [3.63, 3.8) is 0 Å². The molecule has 0 rings (SSSR count). The minimum Gasteiger partial charge on any atom is -0.544 e. The largest absolute Gasteiger partial charge is 0.544 e. The van der Waals surface area contributed by atoms with E-state index in [0.717, 1.165) is 51.4 Å². The maximum absolute atomic E-state index is 12.7. The predicted molar refractivity (Wildman–Crippen MR) is 213 cm³/mol. The number of hydrogen-bond acceptors (Lipinski definition) is 7. The highest BCUT2D eigenvalue weighted by Gasteiger charge is 2.25. The summed E-state index contributed by atoms with van der Waals surface area (Å²) in [6.07, 6.45) is 37.7. The SMILES string of the molecule is CCCC/C=C\CCCCCCCC(=O)OCC(COCCC(C(=O)[O-])[N+](C)(C)C)OC(=O)CCCCCCCCC/C=C\CCCCCCCC. The fraction of sp³-hybridized carbons (Fsp3) is 0.841. The summed E-state index contributed by atoms with van der Waals surface area (Å²) in [4.78, 5) is 36.7. The van der Waals surface area contributed by atoms with Gasteiger partial charge in [-0.25, -0.2) is 0 Å². The van der Waals surface area contributed by atoms with Crippen molar-refractivity contribution in [1.82, 2.24) is 0 Å². The first-order valence-corrected chi connectivity index (χ1v) is 21.4. The summed E-state index contributed by atoms with van der Waals surface area (Å²) in [5, 5.41) is 11.6. The number of aliphatic carboxylic acids is 1. The van der Waals surface area contributed by atoms with E-state index in [-0.39, 0.29) is 42.7 Å². The van der Waals surface area contributed by atoms with Gasteiger partial charge in [0, 0.05) is 19.3 Å². The van der Waals surface area contributed by atoms with Crippen molar-refractivity contribution in [2.75, 3.05) is 41.0 Å². The topological polar surface area (TPSA) is 102 Å². The van der Waals surface area contributed by atoms with Gasteiger partial charge in [-0.2, -0.15) is 0 Å². The molecule has 0 aromatic carbocycles. The van der Waals surface area contributed by atoms with Crippen LogP contribution < -0.4 is 5.11 Å². The molecule has 2 unspecified atom stereocenters. The lowest BCUT2D eigenvalue weighted by Crippen LogP contribution is -2.55. The third-order valence-corrected chi connectivity index (χ3v) is 9.56. The maximum atomic E-state index is 12.7. The molecule has 0 aromatic rings. The Morgan fingerprint density at radius 3 is 1.44 bits per heavy atom. The molecule has 304 valence electrons. The third kappa shape index (κ3) is 33.6. The number of carboxylic acids is 1. The van der Waals surface area contributed by atoms with Crippen LogP contribution in [0.25, 0.3) is 0 Å². The molecule has 0 aliphatic heterocycles. The number of ether oxygens (including phenoxy) is 3. The maximum Gasteiger partial charge on any atom is 0.306 e. The lowest BCUT2D eigenvalue weighted by Gasteiger charge is -2.34. The van der Waals surface area contributed by atoms with Gasteiger partial charge < -0.3 is 28.6 Å². The normalized spacial score (nSPS) is 13.2. The Hall–Kier alpha value is -2.19. The van der Waals surface area contributed by atoms with Gasteiger partial charge in [0.25, 0.3) is 0 Å². The van der Waals surface area contributed by atoms with E-state index < -0.39 is 18.1 Å². The zero-order valence-corrected chi connectivity index (χ0v) is 34.5. The summed E-state index contributed by atoms with van der Waals surface area (Å²) in [7, 11) is 5.40. The summed E-state index contributed by atoms with van der Waals surface area (Å²) >= 11 is 0. The van der Waals surface area contributed by atoms with E-state index in [0.29, 0.717) is 12.8 Å². The number of carbonyl (C=O) groups excluding carboxylic acids is 3. The Bertz CT molecular complexity index is 911. The van der Waals surface area contributed by atoms with Gasteiger partial charge in [-0.1, -0.05) is 134 Å². The molecular formula is C44H81NO7. The molecule has 0 heterocycles.